The number of carbonyl (C=O) groups is 4. The third-order valence-corrected chi connectivity index (χ3v) is 3.65. The van der Waals surface area contributed by atoms with Crippen LogP contribution in [0.3, 0.4) is 0 Å². The Morgan fingerprint density at radius 2 is 1.74 bits per heavy atom. The molecule has 1 rings (SSSR count). The SMILES string of the molecule is CC(=O)CC[C@@H](NC(=O)[C@@H](NC(=O)OCc1ccccc1)[C@@H](C)O)C(=O)O. The minimum Gasteiger partial charge on any atom is -0.480 e. The molecule has 0 aliphatic carbocycles. The molecule has 0 heterocycles. The van der Waals surface area contributed by atoms with Gasteiger partial charge in [-0.15, -0.1) is 0 Å². The maximum Gasteiger partial charge on any atom is 0.408 e. The first-order valence-corrected chi connectivity index (χ1v) is 8.38. The van der Waals surface area contributed by atoms with E-state index in [1.165, 1.54) is 13.8 Å². The number of hydrogen-bond donors (Lipinski definition) is 4. The van der Waals surface area contributed by atoms with Crippen LogP contribution in [0.1, 0.15) is 32.3 Å². The van der Waals surface area contributed by atoms with E-state index in [0.717, 1.165) is 5.56 Å². The van der Waals surface area contributed by atoms with Gasteiger partial charge >= 0.3 is 12.1 Å². The standard InChI is InChI=1S/C18H24N2O7/c1-11(21)8-9-14(17(24)25)19-16(23)15(12(2)22)20-18(26)27-10-13-6-4-3-5-7-13/h3-7,12,14-15,22H,8-10H2,1-2H3,(H,19,23)(H,20,26)(H,24,25)/t12-,14-,15+/m1/s1. The average Bonchev–Trinajstić information content (AvgIpc) is 2.61. The first-order chi connectivity index (χ1) is 12.7. The van der Waals surface area contributed by atoms with Crippen molar-refractivity contribution in [3.05, 3.63) is 35.9 Å². The number of carboxylic acid groups (broad SMARTS) is 1. The van der Waals surface area contributed by atoms with E-state index in [1.807, 2.05) is 6.07 Å². The Labute approximate surface area is 156 Å². The molecule has 3 atom stereocenters. The molecule has 0 radical (unpaired) electrons. The van der Waals surface area contributed by atoms with Crippen LogP contribution in [0.2, 0.25) is 0 Å². The summed E-state index contributed by atoms with van der Waals surface area (Å²) in [6, 6.07) is 6.13. The molecule has 0 unspecified atom stereocenters. The molecule has 0 saturated carbocycles. The molecule has 0 bridgehead atoms. The number of carbonyl (C=O) groups excluding carboxylic acids is 3. The lowest BCUT2D eigenvalue weighted by Crippen LogP contribution is -2.55. The lowest BCUT2D eigenvalue weighted by atomic mass is 10.1. The number of nitrogens with one attached hydrogen (secondary N) is 2. The van der Waals surface area contributed by atoms with Crippen LogP contribution in [0.25, 0.3) is 0 Å². The molecule has 1 aromatic rings. The van der Waals surface area contributed by atoms with Crippen molar-refractivity contribution in [3.8, 4) is 0 Å². The zero-order valence-electron chi connectivity index (χ0n) is 15.2. The van der Waals surface area contributed by atoms with E-state index in [-0.39, 0.29) is 25.2 Å². The highest BCUT2D eigenvalue weighted by Gasteiger charge is 2.30. The first kappa shape index (κ1) is 22.1. The van der Waals surface area contributed by atoms with E-state index in [2.05, 4.69) is 10.6 Å². The fraction of sp³-hybridized carbons (Fsp3) is 0.444. The van der Waals surface area contributed by atoms with Crippen LogP contribution in [-0.2, 0) is 25.7 Å². The number of aliphatic hydroxyl groups excluding tert-OH is 1. The van der Waals surface area contributed by atoms with Crippen molar-refractivity contribution in [3.63, 3.8) is 0 Å². The number of Topliss-reactive ketones (excluding diaryl/α,β-unsaturated/α-hetero) is 1. The van der Waals surface area contributed by atoms with Crippen LogP contribution in [0, 0.1) is 0 Å². The molecule has 0 saturated heterocycles. The molecule has 0 aliphatic heterocycles. The summed E-state index contributed by atoms with van der Waals surface area (Å²) in [6.07, 6.45) is -2.35. The van der Waals surface area contributed by atoms with Gasteiger partial charge in [-0.25, -0.2) is 9.59 Å². The topological polar surface area (TPSA) is 142 Å². The molecule has 4 N–H and O–H groups in total. The number of hydrogen-bond acceptors (Lipinski definition) is 6. The summed E-state index contributed by atoms with van der Waals surface area (Å²) >= 11 is 0. The number of amides is 2. The molecule has 148 valence electrons. The fourth-order valence-corrected chi connectivity index (χ4v) is 2.16. The molecule has 0 aliphatic rings. The quantitative estimate of drug-likeness (QED) is 0.465. The monoisotopic (exact) mass is 380 g/mol. The summed E-state index contributed by atoms with van der Waals surface area (Å²) in [5.41, 5.74) is 0.737. The Balaban J connectivity index is 2.64. The summed E-state index contributed by atoms with van der Waals surface area (Å²) in [5.74, 6) is -2.43. The molecule has 9 heteroatoms. The maximum atomic E-state index is 12.3. The van der Waals surface area contributed by atoms with Crippen molar-refractivity contribution in [2.45, 2.75) is 51.5 Å². The lowest BCUT2D eigenvalue weighted by molar-refractivity contribution is -0.142. The zero-order valence-corrected chi connectivity index (χ0v) is 15.2. The predicted octanol–water partition coefficient (Wildman–Crippen LogP) is 0.601. The van der Waals surface area contributed by atoms with E-state index in [4.69, 9.17) is 9.84 Å². The van der Waals surface area contributed by atoms with Crippen molar-refractivity contribution in [1.29, 1.82) is 0 Å². The number of alkyl carbamates (subject to hydrolysis) is 1. The number of rotatable bonds is 10. The van der Waals surface area contributed by atoms with Gasteiger partial charge in [0.2, 0.25) is 5.91 Å². The van der Waals surface area contributed by atoms with Crippen LogP contribution >= 0.6 is 0 Å². The Morgan fingerprint density at radius 3 is 2.26 bits per heavy atom. The number of ether oxygens (including phenoxy) is 1. The van der Waals surface area contributed by atoms with Crippen LogP contribution in [0.15, 0.2) is 30.3 Å². The summed E-state index contributed by atoms with van der Waals surface area (Å²) in [5, 5.41) is 23.3. The van der Waals surface area contributed by atoms with Crippen LogP contribution in [0.5, 0.6) is 0 Å². The van der Waals surface area contributed by atoms with Gasteiger partial charge in [0.1, 0.15) is 24.5 Å². The van der Waals surface area contributed by atoms with Gasteiger partial charge in [-0.1, -0.05) is 30.3 Å². The van der Waals surface area contributed by atoms with Crippen molar-refractivity contribution in [2.24, 2.45) is 0 Å². The highest BCUT2D eigenvalue weighted by atomic mass is 16.5. The molecule has 0 spiro atoms. The number of carboxylic acids is 1. The summed E-state index contributed by atoms with van der Waals surface area (Å²) < 4.78 is 4.99. The van der Waals surface area contributed by atoms with E-state index in [0.29, 0.717) is 0 Å². The van der Waals surface area contributed by atoms with Gasteiger partial charge < -0.3 is 30.4 Å². The molecule has 0 aromatic heterocycles. The second-order valence-electron chi connectivity index (χ2n) is 6.06. The largest absolute Gasteiger partial charge is 0.480 e. The maximum absolute atomic E-state index is 12.3. The smallest absolute Gasteiger partial charge is 0.408 e. The molecule has 27 heavy (non-hydrogen) atoms. The third-order valence-electron chi connectivity index (χ3n) is 3.65. The fourth-order valence-electron chi connectivity index (χ4n) is 2.16. The highest BCUT2D eigenvalue weighted by Crippen LogP contribution is 2.04. The molecule has 0 fully saturated rings. The predicted molar refractivity (Wildman–Crippen MR) is 94.7 cm³/mol. The van der Waals surface area contributed by atoms with Crippen LogP contribution < -0.4 is 10.6 Å². The van der Waals surface area contributed by atoms with Crippen molar-refractivity contribution < 1.29 is 34.1 Å². The Bertz CT molecular complexity index is 661. The number of aliphatic carboxylic acids is 1. The van der Waals surface area contributed by atoms with Gasteiger partial charge in [-0.05, 0) is 25.8 Å². The van der Waals surface area contributed by atoms with Crippen LogP contribution in [-0.4, -0.2) is 52.2 Å². The first-order valence-electron chi connectivity index (χ1n) is 8.38. The van der Waals surface area contributed by atoms with Crippen molar-refractivity contribution in [1.82, 2.24) is 10.6 Å². The van der Waals surface area contributed by atoms with Gasteiger partial charge in [-0.3, -0.25) is 4.79 Å². The molecule has 1 aromatic carbocycles. The van der Waals surface area contributed by atoms with Crippen molar-refractivity contribution >= 4 is 23.8 Å². The summed E-state index contributed by atoms with van der Waals surface area (Å²) in [7, 11) is 0. The molecule has 9 nitrogen and oxygen atoms in total. The van der Waals surface area contributed by atoms with Gasteiger partial charge in [0.25, 0.3) is 0 Å². The van der Waals surface area contributed by atoms with Gasteiger partial charge in [0.05, 0.1) is 6.10 Å². The second-order valence-corrected chi connectivity index (χ2v) is 6.06. The van der Waals surface area contributed by atoms with Gasteiger partial charge in [-0.2, -0.15) is 0 Å². The van der Waals surface area contributed by atoms with E-state index in [9.17, 15) is 24.3 Å². The molecular formula is C18H24N2O7. The molecule has 2 amide bonds. The normalized spacial score (nSPS) is 13.7. The summed E-state index contributed by atoms with van der Waals surface area (Å²) in [4.78, 5) is 46.4. The zero-order chi connectivity index (χ0) is 20.4. The van der Waals surface area contributed by atoms with E-state index in [1.54, 1.807) is 24.3 Å². The Morgan fingerprint density at radius 1 is 1.11 bits per heavy atom. The van der Waals surface area contributed by atoms with Crippen LogP contribution in [0.4, 0.5) is 4.79 Å². The number of benzene rings is 1. The Kier molecular flexibility index (Phi) is 8.94. The number of aliphatic hydroxyl groups is 1. The minimum atomic E-state index is -1.41. The average molecular weight is 380 g/mol. The van der Waals surface area contributed by atoms with Gasteiger partial charge in [0, 0.05) is 6.42 Å². The van der Waals surface area contributed by atoms with Crippen molar-refractivity contribution in [2.75, 3.05) is 0 Å². The third kappa shape index (κ3) is 8.32. The highest BCUT2D eigenvalue weighted by molar-refractivity contribution is 5.90. The van der Waals surface area contributed by atoms with Gasteiger partial charge in [0.15, 0.2) is 0 Å². The van der Waals surface area contributed by atoms with E-state index >= 15 is 0 Å². The second kappa shape index (κ2) is 10.9. The Hall–Kier alpha value is -2.94. The summed E-state index contributed by atoms with van der Waals surface area (Å²) in [6.45, 7) is 2.55. The minimum absolute atomic E-state index is 0.0247. The van der Waals surface area contributed by atoms with E-state index < -0.39 is 36.2 Å². The number of ketones is 1. The molecular weight excluding hydrogens is 356 g/mol. The lowest BCUT2D eigenvalue weighted by Gasteiger charge is -2.23.